The van der Waals surface area contributed by atoms with Gasteiger partial charge in [-0.25, -0.2) is 9.97 Å². The van der Waals surface area contributed by atoms with Gasteiger partial charge in [-0.05, 0) is 26.3 Å². The van der Waals surface area contributed by atoms with E-state index in [9.17, 15) is 0 Å². The number of aromatic nitrogens is 4. The first-order chi connectivity index (χ1) is 10.2. The minimum atomic E-state index is 0.738. The van der Waals surface area contributed by atoms with Crippen LogP contribution in [0.15, 0.2) is 30.6 Å². The normalized spacial score (nSPS) is 11.0. The van der Waals surface area contributed by atoms with Crippen molar-refractivity contribution >= 4 is 16.9 Å². The van der Waals surface area contributed by atoms with E-state index in [0.29, 0.717) is 0 Å². The summed E-state index contributed by atoms with van der Waals surface area (Å²) < 4.78 is 1.95. The zero-order chi connectivity index (χ0) is 14.8. The first kappa shape index (κ1) is 13.5. The van der Waals surface area contributed by atoms with Gasteiger partial charge in [0.15, 0.2) is 5.82 Å². The molecule has 0 fully saturated rings. The molecule has 1 N–H and O–H groups in total. The van der Waals surface area contributed by atoms with Crippen LogP contribution in [0.1, 0.15) is 23.7 Å². The largest absolute Gasteiger partial charge is 0.364 e. The Morgan fingerprint density at radius 3 is 2.81 bits per heavy atom. The van der Waals surface area contributed by atoms with Crippen LogP contribution < -0.4 is 5.32 Å². The Morgan fingerprint density at radius 2 is 2.05 bits per heavy atom. The molecule has 5 nitrogen and oxygen atoms in total. The Morgan fingerprint density at radius 1 is 1.19 bits per heavy atom. The number of nitrogens with one attached hydrogen (secondary N) is 1. The molecule has 0 saturated heterocycles. The number of hydrogen-bond donors (Lipinski definition) is 1. The maximum atomic E-state index is 4.51. The van der Waals surface area contributed by atoms with Gasteiger partial charge in [-0.1, -0.05) is 29.8 Å². The highest BCUT2D eigenvalue weighted by molar-refractivity contribution is 5.87. The van der Waals surface area contributed by atoms with Crippen molar-refractivity contribution in [3.8, 4) is 0 Å². The molecule has 0 bridgehead atoms. The maximum absolute atomic E-state index is 4.51. The molecule has 108 valence electrons. The van der Waals surface area contributed by atoms with Crippen LogP contribution in [-0.2, 0) is 13.1 Å². The van der Waals surface area contributed by atoms with Crippen molar-refractivity contribution < 1.29 is 0 Å². The van der Waals surface area contributed by atoms with Gasteiger partial charge in [-0.15, -0.1) is 0 Å². The smallest absolute Gasteiger partial charge is 0.155 e. The third-order valence-corrected chi connectivity index (χ3v) is 3.54. The second kappa shape index (κ2) is 5.52. The van der Waals surface area contributed by atoms with Crippen LogP contribution in [0.5, 0.6) is 0 Å². The highest BCUT2D eigenvalue weighted by atomic mass is 15.3. The molecule has 3 rings (SSSR count). The van der Waals surface area contributed by atoms with Crippen LogP contribution in [0.4, 0.5) is 5.82 Å². The van der Waals surface area contributed by atoms with E-state index in [2.05, 4.69) is 58.5 Å². The number of fused-ring (bicyclic) bond motifs is 1. The van der Waals surface area contributed by atoms with Crippen molar-refractivity contribution in [1.29, 1.82) is 0 Å². The minimum Gasteiger partial charge on any atom is -0.364 e. The lowest BCUT2D eigenvalue weighted by Crippen LogP contribution is -2.05. The third-order valence-electron chi connectivity index (χ3n) is 3.54. The Kier molecular flexibility index (Phi) is 3.56. The number of aryl methyl sites for hydroxylation is 3. The number of hydrogen-bond acceptors (Lipinski definition) is 4. The third kappa shape index (κ3) is 2.59. The number of anilines is 1. The van der Waals surface area contributed by atoms with Crippen LogP contribution in [-0.4, -0.2) is 19.7 Å². The standard InChI is InChI=1S/C16H19N5/c1-4-21-15-14(12(3)20-21)18-10-19-16(15)17-9-13-7-5-6-11(2)8-13/h5-8,10H,4,9H2,1-3H3,(H,17,18,19). The lowest BCUT2D eigenvalue weighted by atomic mass is 10.1. The van der Waals surface area contributed by atoms with E-state index in [-0.39, 0.29) is 0 Å². The van der Waals surface area contributed by atoms with Gasteiger partial charge >= 0.3 is 0 Å². The molecule has 1 aromatic carbocycles. The van der Waals surface area contributed by atoms with Gasteiger partial charge in [-0.2, -0.15) is 5.10 Å². The lowest BCUT2D eigenvalue weighted by molar-refractivity contribution is 0.675. The summed E-state index contributed by atoms with van der Waals surface area (Å²) in [5, 5.41) is 7.92. The molecule has 3 aromatic rings. The van der Waals surface area contributed by atoms with Gasteiger partial charge in [0.25, 0.3) is 0 Å². The Labute approximate surface area is 124 Å². The van der Waals surface area contributed by atoms with Crippen molar-refractivity contribution in [3.63, 3.8) is 0 Å². The molecule has 0 aliphatic carbocycles. The molecule has 0 spiro atoms. The van der Waals surface area contributed by atoms with E-state index in [0.717, 1.165) is 35.6 Å². The summed E-state index contributed by atoms with van der Waals surface area (Å²) in [7, 11) is 0. The number of benzene rings is 1. The molecule has 5 heteroatoms. The van der Waals surface area contributed by atoms with E-state index in [1.54, 1.807) is 6.33 Å². The molecule has 21 heavy (non-hydrogen) atoms. The molecule has 0 unspecified atom stereocenters. The van der Waals surface area contributed by atoms with Crippen LogP contribution in [0.3, 0.4) is 0 Å². The lowest BCUT2D eigenvalue weighted by Gasteiger charge is -2.08. The summed E-state index contributed by atoms with van der Waals surface area (Å²) in [6.45, 7) is 7.69. The zero-order valence-corrected chi connectivity index (χ0v) is 12.6. The fourth-order valence-electron chi connectivity index (χ4n) is 2.53. The number of rotatable bonds is 4. The Hall–Kier alpha value is -2.43. The molecule has 2 aromatic heterocycles. The monoisotopic (exact) mass is 281 g/mol. The first-order valence-corrected chi connectivity index (χ1v) is 7.16. The van der Waals surface area contributed by atoms with E-state index in [1.165, 1.54) is 11.1 Å². The second-order valence-corrected chi connectivity index (χ2v) is 5.16. The first-order valence-electron chi connectivity index (χ1n) is 7.16. The second-order valence-electron chi connectivity index (χ2n) is 5.16. The van der Waals surface area contributed by atoms with Gasteiger partial charge in [-0.3, -0.25) is 4.68 Å². The highest BCUT2D eigenvalue weighted by Gasteiger charge is 2.12. The Balaban J connectivity index is 1.93. The van der Waals surface area contributed by atoms with Crippen LogP contribution in [0.25, 0.3) is 11.0 Å². The summed E-state index contributed by atoms with van der Waals surface area (Å²) in [4.78, 5) is 8.73. The van der Waals surface area contributed by atoms with Crippen molar-refractivity contribution in [2.24, 2.45) is 0 Å². The molecule has 0 aliphatic rings. The average Bonchev–Trinajstić information content (AvgIpc) is 2.82. The molecule has 2 heterocycles. The molecule has 0 radical (unpaired) electrons. The van der Waals surface area contributed by atoms with E-state index in [4.69, 9.17) is 0 Å². The fraction of sp³-hybridized carbons (Fsp3) is 0.312. The van der Waals surface area contributed by atoms with Crippen LogP contribution >= 0.6 is 0 Å². The minimum absolute atomic E-state index is 0.738. The molecule has 0 atom stereocenters. The summed E-state index contributed by atoms with van der Waals surface area (Å²) in [6.07, 6.45) is 1.59. The fourth-order valence-corrected chi connectivity index (χ4v) is 2.53. The van der Waals surface area contributed by atoms with E-state index >= 15 is 0 Å². The Bertz CT molecular complexity index is 775. The topological polar surface area (TPSA) is 55.6 Å². The van der Waals surface area contributed by atoms with Gasteiger partial charge in [0.05, 0.1) is 5.69 Å². The highest BCUT2D eigenvalue weighted by Crippen LogP contribution is 2.22. The maximum Gasteiger partial charge on any atom is 0.155 e. The molecule has 0 saturated carbocycles. The van der Waals surface area contributed by atoms with Crippen molar-refractivity contribution in [3.05, 3.63) is 47.4 Å². The van der Waals surface area contributed by atoms with Crippen molar-refractivity contribution in [2.75, 3.05) is 5.32 Å². The SMILES string of the molecule is CCn1nc(C)c2ncnc(NCc3cccc(C)c3)c21. The zero-order valence-electron chi connectivity index (χ0n) is 12.6. The van der Waals surface area contributed by atoms with Crippen molar-refractivity contribution in [1.82, 2.24) is 19.7 Å². The predicted molar refractivity (Wildman–Crippen MR) is 84.2 cm³/mol. The van der Waals surface area contributed by atoms with E-state index in [1.807, 2.05) is 11.6 Å². The quantitative estimate of drug-likeness (QED) is 0.798. The van der Waals surface area contributed by atoms with Gasteiger partial charge < -0.3 is 5.32 Å². The van der Waals surface area contributed by atoms with Crippen molar-refractivity contribution in [2.45, 2.75) is 33.9 Å². The summed E-state index contributed by atoms with van der Waals surface area (Å²) in [5.41, 5.74) is 5.33. The van der Waals surface area contributed by atoms with Gasteiger partial charge in [0, 0.05) is 13.1 Å². The summed E-state index contributed by atoms with van der Waals surface area (Å²) >= 11 is 0. The molecule has 0 amide bonds. The average molecular weight is 281 g/mol. The summed E-state index contributed by atoms with van der Waals surface area (Å²) in [5.74, 6) is 0.837. The number of nitrogens with zero attached hydrogens (tertiary/aromatic N) is 4. The molecular formula is C16H19N5. The molecular weight excluding hydrogens is 262 g/mol. The van der Waals surface area contributed by atoms with Crippen LogP contribution in [0.2, 0.25) is 0 Å². The molecule has 0 aliphatic heterocycles. The van der Waals surface area contributed by atoms with E-state index < -0.39 is 0 Å². The predicted octanol–water partition coefficient (Wildman–Crippen LogP) is 3.08. The van der Waals surface area contributed by atoms with Gasteiger partial charge in [0.2, 0.25) is 0 Å². The van der Waals surface area contributed by atoms with Gasteiger partial charge in [0.1, 0.15) is 17.4 Å². The summed E-state index contributed by atoms with van der Waals surface area (Å²) in [6, 6.07) is 8.46. The van der Waals surface area contributed by atoms with Crippen LogP contribution in [0, 0.1) is 13.8 Å².